The number of fused-ring (bicyclic) bond motifs is 3. The van der Waals surface area contributed by atoms with Gasteiger partial charge < -0.3 is 9.32 Å². The van der Waals surface area contributed by atoms with Gasteiger partial charge in [0.2, 0.25) is 5.91 Å². The van der Waals surface area contributed by atoms with Crippen molar-refractivity contribution < 1.29 is 9.21 Å². The van der Waals surface area contributed by atoms with E-state index in [2.05, 4.69) is 12.1 Å². The molecular formula is C18H17NO2S. The molecule has 1 aliphatic heterocycles. The molecule has 2 aromatic carbocycles. The lowest BCUT2D eigenvalue weighted by molar-refractivity contribution is -0.127. The van der Waals surface area contributed by atoms with Crippen molar-refractivity contribution >= 4 is 39.6 Å². The zero-order chi connectivity index (χ0) is 14.9. The first-order chi connectivity index (χ1) is 10.8. The van der Waals surface area contributed by atoms with Crippen molar-refractivity contribution in [3.8, 4) is 0 Å². The Morgan fingerprint density at radius 3 is 2.68 bits per heavy atom. The molecule has 0 unspecified atom stereocenters. The van der Waals surface area contributed by atoms with Gasteiger partial charge in [-0.15, -0.1) is 11.8 Å². The highest BCUT2D eigenvalue weighted by Crippen LogP contribution is 2.32. The fraction of sp³-hybridized carbons (Fsp3) is 0.278. The number of hydrogen-bond donors (Lipinski definition) is 0. The fourth-order valence-corrected chi connectivity index (χ4v) is 3.84. The van der Waals surface area contributed by atoms with Crippen LogP contribution >= 0.6 is 11.8 Å². The summed E-state index contributed by atoms with van der Waals surface area (Å²) in [5, 5.41) is 2.25. The predicted octanol–water partition coefficient (Wildman–Crippen LogP) is 4.30. The van der Waals surface area contributed by atoms with E-state index in [-0.39, 0.29) is 5.91 Å². The van der Waals surface area contributed by atoms with Gasteiger partial charge in [-0.25, -0.2) is 0 Å². The summed E-state index contributed by atoms with van der Waals surface area (Å²) in [7, 11) is 0. The highest BCUT2D eigenvalue weighted by Gasteiger charge is 2.17. The van der Waals surface area contributed by atoms with E-state index >= 15 is 0 Å². The molecule has 3 nitrogen and oxygen atoms in total. The molecule has 0 aliphatic carbocycles. The van der Waals surface area contributed by atoms with E-state index in [9.17, 15) is 4.79 Å². The van der Waals surface area contributed by atoms with Crippen LogP contribution in [0.2, 0.25) is 0 Å². The first kappa shape index (κ1) is 13.7. The predicted molar refractivity (Wildman–Crippen MR) is 90.3 cm³/mol. The third-order valence-corrected chi connectivity index (χ3v) is 5.15. The molecule has 1 amide bonds. The third kappa shape index (κ3) is 2.48. The van der Waals surface area contributed by atoms with Gasteiger partial charge in [-0.3, -0.25) is 4.79 Å². The highest BCUT2D eigenvalue weighted by molar-refractivity contribution is 8.00. The summed E-state index contributed by atoms with van der Waals surface area (Å²) in [5.41, 5.74) is 1.81. The molecular weight excluding hydrogens is 294 g/mol. The molecule has 3 aromatic rings. The molecule has 1 aliphatic rings. The molecule has 1 aromatic heterocycles. The topological polar surface area (TPSA) is 33.5 Å². The number of thioether (sulfide) groups is 1. The number of carbonyl (C=O) groups is 1. The largest absolute Gasteiger partial charge is 0.456 e. The second kappa shape index (κ2) is 5.69. The Morgan fingerprint density at radius 1 is 1.05 bits per heavy atom. The fourth-order valence-electron chi connectivity index (χ4n) is 3.00. The second-order valence-corrected chi connectivity index (χ2v) is 6.68. The van der Waals surface area contributed by atoms with Crippen molar-refractivity contribution in [2.45, 2.75) is 17.7 Å². The lowest BCUT2D eigenvalue weighted by Crippen LogP contribution is -2.29. The number of benzene rings is 2. The zero-order valence-corrected chi connectivity index (χ0v) is 13.1. The lowest BCUT2D eigenvalue weighted by Gasteiger charge is -2.14. The minimum absolute atomic E-state index is 0.250. The minimum atomic E-state index is 0.250. The number of hydrogen-bond acceptors (Lipinski definition) is 3. The third-order valence-electron chi connectivity index (χ3n) is 4.17. The van der Waals surface area contributed by atoms with Crippen molar-refractivity contribution in [1.29, 1.82) is 0 Å². The number of amides is 1. The maximum Gasteiger partial charge on any atom is 0.232 e. The number of furan rings is 1. The van der Waals surface area contributed by atoms with Crippen LogP contribution in [0.4, 0.5) is 0 Å². The van der Waals surface area contributed by atoms with E-state index in [4.69, 9.17) is 4.42 Å². The van der Waals surface area contributed by atoms with E-state index in [1.165, 1.54) is 0 Å². The first-order valence-corrected chi connectivity index (χ1v) is 8.62. The van der Waals surface area contributed by atoms with Gasteiger partial charge in [-0.2, -0.15) is 0 Å². The average molecular weight is 311 g/mol. The molecule has 4 rings (SSSR count). The molecule has 1 fully saturated rings. The first-order valence-electron chi connectivity index (χ1n) is 7.63. The van der Waals surface area contributed by atoms with Crippen molar-refractivity contribution in [1.82, 2.24) is 4.90 Å². The van der Waals surface area contributed by atoms with Gasteiger partial charge in [0.05, 0.1) is 5.75 Å². The van der Waals surface area contributed by atoms with Gasteiger partial charge in [0.15, 0.2) is 0 Å². The average Bonchev–Trinajstić information content (AvgIpc) is 3.20. The molecule has 0 atom stereocenters. The van der Waals surface area contributed by atoms with Crippen LogP contribution in [0.5, 0.6) is 0 Å². The Balaban J connectivity index is 1.56. The van der Waals surface area contributed by atoms with E-state index in [0.717, 1.165) is 52.8 Å². The number of para-hydroxylation sites is 1. The number of likely N-dealkylation sites (tertiary alicyclic amines) is 1. The molecule has 1 saturated heterocycles. The Kier molecular flexibility index (Phi) is 3.54. The monoisotopic (exact) mass is 311 g/mol. The summed E-state index contributed by atoms with van der Waals surface area (Å²) in [6.07, 6.45) is 2.28. The van der Waals surface area contributed by atoms with Crippen LogP contribution < -0.4 is 0 Å². The Labute approximate surface area is 133 Å². The molecule has 4 heteroatoms. The molecule has 0 radical (unpaired) electrons. The molecule has 0 N–H and O–H groups in total. The molecule has 0 spiro atoms. The van der Waals surface area contributed by atoms with E-state index < -0.39 is 0 Å². The Bertz CT molecular complexity index is 833. The van der Waals surface area contributed by atoms with Crippen molar-refractivity contribution in [2.24, 2.45) is 0 Å². The summed E-state index contributed by atoms with van der Waals surface area (Å²) in [6, 6.07) is 14.2. The van der Waals surface area contributed by atoms with E-state index in [1.807, 2.05) is 35.2 Å². The standard InChI is InChI=1S/C18H17NO2S/c20-18(19-9-3-4-10-19)12-22-13-7-8-17-15(11-13)14-5-1-2-6-16(14)21-17/h1-2,5-8,11H,3-4,9-10,12H2. The van der Waals surface area contributed by atoms with Crippen LogP contribution in [-0.4, -0.2) is 29.6 Å². The van der Waals surface area contributed by atoms with Crippen LogP contribution in [0.3, 0.4) is 0 Å². The van der Waals surface area contributed by atoms with Crippen molar-refractivity contribution in [3.63, 3.8) is 0 Å². The maximum absolute atomic E-state index is 12.1. The maximum atomic E-state index is 12.1. The van der Waals surface area contributed by atoms with Gasteiger partial charge >= 0.3 is 0 Å². The van der Waals surface area contributed by atoms with Crippen LogP contribution in [0, 0.1) is 0 Å². The Morgan fingerprint density at radius 2 is 1.82 bits per heavy atom. The minimum Gasteiger partial charge on any atom is -0.456 e. The van der Waals surface area contributed by atoms with Gasteiger partial charge in [-0.05, 0) is 37.1 Å². The van der Waals surface area contributed by atoms with Crippen molar-refractivity contribution in [3.05, 3.63) is 42.5 Å². The molecule has 0 saturated carbocycles. The summed E-state index contributed by atoms with van der Waals surface area (Å²) in [5.74, 6) is 0.765. The summed E-state index contributed by atoms with van der Waals surface area (Å²) >= 11 is 1.61. The van der Waals surface area contributed by atoms with Crippen LogP contribution in [0.15, 0.2) is 51.8 Å². The normalized spacial score (nSPS) is 15.0. The van der Waals surface area contributed by atoms with E-state index in [0.29, 0.717) is 5.75 Å². The molecule has 112 valence electrons. The number of rotatable bonds is 3. The number of carbonyl (C=O) groups excluding carboxylic acids is 1. The molecule has 2 heterocycles. The highest BCUT2D eigenvalue weighted by atomic mass is 32.2. The van der Waals surface area contributed by atoms with Crippen LogP contribution in [0.1, 0.15) is 12.8 Å². The van der Waals surface area contributed by atoms with Crippen LogP contribution in [0.25, 0.3) is 21.9 Å². The second-order valence-electron chi connectivity index (χ2n) is 5.63. The van der Waals surface area contributed by atoms with Gasteiger partial charge in [0.1, 0.15) is 11.2 Å². The van der Waals surface area contributed by atoms with Crippen molar-refractivity contribution in [2.75, 3.05) is 18.8 Å². The number of nitrogens with zero attached hydrogens (tertiary/aromatic N) is 1. The molecule has 0 bridgehead atoms. The lowest BCUT2D eigenvalue weighted by atomic mass is 10.1. The van der Waals surface area contributed by atoms with E-state index in [1.54, 1.807) is 11.8 Å². The smallest absolute Gasteiger partial charge is 0.232 e. The quantitative estimate of drug-likeness (QED) is 0.676. The Hall–Kier alpha value is -1.94. The van der Waals surface area contributed by atoms with Gasteiger partial charge in [-0.1, -0.05) is 18.2 Å². The van der Waals surface area contributed by atoms with Gasteiger partial charge in [0.25, 0.3) is 0 Å². The van der Waals surface area contributed by atoms with Gasteiger partial charge in [0, 0.05) is 28.8 Å². The zero-order valence-electron chi connectivity index (χ0n) is 12.2. The summed E-state index contributed by atoms with van der Waals surface area (Å²) in [4.78, 5) is 15.2. The summed E-state index contributed by atoms with van der Waals surface area (Å²) in [6.45, 7) is 1.84. The van der Waals surface area contributed by atoms with Crippen LogP contribution in [-0.2, 0) is 4.79 Å². The molecule has 22 heavy (non-hydrogen) atoms. The summed E-state index contributed by atoms with van der Waals surface area (Å²) < 4.78 is 5.83. The SMILES string of the molecule is O=C(CSc1ccc2oc3ccccc3c2c1)N1CCCC1.